The molecule has 0 saturated heterocycles. The minimum absolute atomic E-state index is 0.417. The van der Waals surface area contributed by atoms with E-state index in [1.54, 1.807) is 7.11 Å². The zero-order valence-corrected chi connectivity index (χ0v) is 19.5. The molecule has 5 nitrogen and oxygen atoms in total. The highest BCUT2D eigenvalue weighted by atomic mass is 16.5. The number of ether oxygens (including phenoxy) is 3. The molecule has 33 heavy (non-hydrogen) atoms. The lowest BCUT2D eigenvalue weighted by atomic mass is 10.2. The Kier molecular flexibility index (Phi) is 7.30. The van der Waals surface area contributed by atoms with Crippen LogP contribution in [-0.4, -0.2) is 23.3 Å². The summed E-state index contributed by atoms with van der Waals surface area (Å²) >= 11 is 0. The van der Waals surface area contributed by atoms with Crippen LogP contribution in [0.4, 0.5) is 0 Å². The van der Waals surface area contributed by atoms with Crippen molar-refractivity contribution in [2.45, 2.75) is 33.4 Å². The Balaban J connectivity index is 1.44. The highest BCUT2D eigenvalue weighted by Crippen LogP contribution is 2.29. The third kappa shape index (κ3) is 5.37. The second-order valence-electron chi connectivity index (χ2n) is 7.83. The van der Waals surface area contributed by atoms with Crippen LogP contribution < -0.4 is 14.2 Å². The van der Waals surface area contributed by atoms with E-state index in [-0.39, 0.29) is 0 Å². The molecule has 3 aromatic carbocycles. The maximum absolute atomic E-state index is 6.09. The first-order valence-electron chi connectivity index (χ1n) is 11.3. The van der Waals surface area contributed by atoms with Crippen molar-refractivity contribution in [1.29, 1.82) is 0 Å². The minimum atomic E-state index is 0.417. The summed E-state index contributed by atoms with van der Waals surface area (Å²) in [5.41, 5.74) is 4.28. The van der Waals surface area contributed by atoms with Crippen molar-refractivity contribution in [2.75, 3.05) is 13.7 Å². The van der Waals surface area contributed by atoms with Crippen LogP contribution in [0, 0.1) is 6.92 Å². The molecule has 170 valence electrons. The van der Waals surface area contributed by atoms with Gasteiger partial charge in [0.1, 0.15) is 18.2 Å². The molecule has 5 heteroatoms. The molecule has 4 aromatic rings. The third-order valence-corrected chi connectivity index (χ3v) is 5.51. The van der Waals surface area contributed by atoms with Crippen LogP contribution in [0.3, 0.4) is 0 Å². The Morgan fingerprint density at radius 2 is 1.73 bits per heavy atom. The van der Waals surface area contributed by atoms with Crippen LogP contribution >= 0.6 is 0 Å². The number of para-hydroxylation sites is 3. The Morgan fingerprint density at radius 1 is 0.909 bits per heavy atom. The Morgan fingerprint density at radius 3 is 2.55 bits per heavy atom. The van der Waals surface area contributed by atoms with Crippen LogP contribution in [0.25, 0.3) is 17.1 Å². The van der Waals surface area contributed by atoms with Gasteiger partial charge in [0.2, 0.25) is 0 Å². The number of nitrogens with zero attached hydrogens (tertiary/aromatic N) is 2. The van der Waals surface area contributed by atoms with Crippen LogP contribution in [0.5, 0.6) is 17.2 Å². The monoisotopic (exact) mass is 442 g/mol. The number of methoxy groups -OCH3 is 1. The van der Waals surface area contributed by atoms with Crippen molar-refractivity contribution < 1.29 is 14.2 Å². The van der Waals surface area contributed by atoms with Crippen LogP contribution in [0.2, 0.25) is 0 Å². The van der Waals surface area contributed by atoms with Gasteiger partial charge < -0.3 is 18.8 Å². The highest BCUT2D eigenvalue weighted by Gasteiger charge is 2.12. The molecule has 0 atom stereocenters. The normalized spacial score (nSPS) is 11.2. The number of hydrogen-bond acceptors (Lipinski definition) is 4. The number of hydrogen-bond donors (Lipinski definition) is 0. The first-order chi connectivity index (χ1) is 16.2. The molecule has 0 aliphatic heterocycles. The zero-order valence-electron chi connectivity index (χ0n) is 19.5. The summed E-state index contributed by atoms with van der Waals surface area (Å²) in [5, 5.41) is 0. The summed E-state index contributed by atoms with van der Waals surface area (Å²) in [6, 6.07) is 22.2. The first-order valence-corrected chi connectivity index (χ1v) is 11.3. The molecule has 0 aliphatic rings. The lowest BCUT2D eigenvalue weighted by Crippen LogP contribution is -2.10. The summed E-state index contributed by atoms with van der Waals surface area (Å²) < 4.78 is 19.9. The Hall–Kier alpha value is -3.73. The van der Waals surface area contributed by atoms with Crippen molar-refractivity contribution >= 4 is 17.1 Å². The molecule has 0 fully saturated rings. The van der Waals surface area contributed by atoms with Crippen LogP contribution in [0.15, 0.2) is 72.8 Å². The number of aromatic nitrogens is 2. The van der Waals surface area contributed by atoms with Crippen LogP contribution in [-0.2, 0) is 13.2 Å². The molecule has 0 radical (unpaired) electrons. The van der Waals surface area contributed by atoms with Gasteiger partial charge in [-0.25, -0.2) is 4.98 Å². The van der Waals surface area contributed by atoms with Crippen molar-refractivity contribution in [3.63, 3.8) is 0 Å². The van der Waals surface area contributed by atoms with Crippen molar-refractivity contribution in [1.82, 2.24) is 9.55 Å². The molecule has 0 unspecified atom stereocenters. The summed E-state index contributed by atoms with van der Waals surface area (Å²) in [6.45, 7) is 5.82. The largest absolute Gasteiger partial charge is 0.493 e. The second kappa shape index (κ2) is 10.7. The summed E-state index contributed by atoms with van der Waals surface area (Å²) in [6.07, 6.45) is 4.87. The summed E-state index contributed by atoms with van der Waals surface area (Å²) in [7, 11) is 1.67. The highest BCUT2D eigenvalue weighted by molar-refractivity contribution is 5.75. The molecular formula is C28H30N2O3. The topological polar surface area (TPSA) is 45.5 Å². The third-order valence-electron chi connectivity index (χ3n) is 5.51. The van der Waals surface area contributed by atoms with E-state index in [2.05, 4.69) is 23.6 Å². The van der Waals surface area contributed by atoms with Crippen molar-refractivity contribution in [3.8, 4) is 17.2 Å². The second-order valence-corrected chi connectivity index (χ2v) is 7.83. The van der Waals surface area contributed by atoms with E-state index < -0.39 is 0 Å². The van der Waals surface area contributed by atoms with Crippen molar-refractivity contribution in [3.05, 3.63) is 89.8 Å². The predicted octanol–water partition coefficient (Wildman–Crippen LogP) is 6.43. The molecule has 0 bridgehead atoms. The van der Waals surface area contributed by atoms with Gasteiger partial charge in [-0.1, -0.05) is 48.6 Å². The maximum Gasteiger partial charge on any atom is 0.161 e. The van der Waals surface area contributed by atoms with Gasteiger partial charge >= 0.3 is 0 Å². The fourth-order valence-electron chi connectivity index (χ4n) is 3.85. The predicted molar refractivity (Wildman–Crippen MR) is 133 cm³/mol. The van der Waals surface area contributed by atoms with Gasteiger partial charge in [-0.05, 0) is 61.7 Å². The number of allylic oxidation sites excluding steroid dienone is 1. The average Bonchev–Trinajstić information content (AvgIpc) is 3.19. The standard InChI is InChI=1S/C28H30N2O3/c1-4-10-22-15-16-26(27(19-22)31-3)32-18-9-17-30-24-13-7-6-12-23(24)29-28(30)20-33-25-14-8-5-11-21(25)2/h4-8,10-16,19H,9,17-18,20H2,1-3H3/b10-4+. The average molecular weight is 443 g/mol. The quantitative estimate of drug-likeness (QED) is 0.265. The number of benzene rings is 3. The summed E-state index contributed by atoms with van der Waals surface area (Å²) in [4.78, 5) is 4.82. The van der Waals surface area contributed by atoms with Gasteiger partial charge in [0, 0.05) is 6.54 Å². The van der Waals surface area contributed by atoms with E-state index in [1.165, 1.54) is 0 Å². The van der Waals surface area contributed by atoms with Gasteiger partial charge in [-0.15, -0.1) is 0 Å². The SMILES string of the molecule is C/C=C/c1ccc(OCCCn2c(COc3ccccc3C)nc3ccccc32)c(OC)c1. The van der Waals surface area contributed by atoms with Crippen molar-refractivity contribution in [2.24, 2.45) is 0 Å². The Bertz CT molecular complexity index is 1240. The molecule has 0 N–H and O–H groups in total. The zero-order chi connectivity index (χ0) is 23.0. The molecule has 0 saturated carbocycles. The van der Waals surface area contributed by atoms with Gasteiger partial charge in [-0.3, -0.25) is 0 Å². The molecule has 0 spiro atoms. The number of aryl methyl sites for hydroxylation is 2. The minimum Gasteiger partial charge on any atom is -0.493 e. The van der Waals surface area contributed by atoms with E-state index in [4.69, 9.17) is 19.2 Å². The first kappa shape index (κ1) is 22.5. The van der Waals surface area contributed by atoms with E-state index in [9.17, 15) is 0 Å². The van der Waals surface area contributed by atoms with E-state index in [0.29, 0.717) is 13.2 Å². The molecule has 1 heterocycles. The molecule has 4 rings (SSSR count). The fourth-order valence-corrected chi connectivity index (χ4v) is 3.85. The lowest BCUT2D eigenvalue weighted by Gasteiger charge is -2.13. The number of imidazole rings is 1. The molecular weight excluding hydrogens is 412 g/mol. The number of rotatable bonds is 10. The molecule has 1 aromatic heterocycles. The Labute approximate surface area is 195 Å². The fraction of sp³-hybridized carbons (Fsp3) is 0.250. The van der Waals surface area contributed by atoms with Gasteiger partial charge in [0.15, 0.2) is 11.5 Å². The molecule has 0 aliphatic carbocycles. The van der Waals surface area contributed by atoms with Gasteiger partial charge in [-0.2, -0.15) is 0 Å². The van der Waals surface area contributed by atoms with Crippen LogP contribution in [0.1, 0.15) is 30.3 Å². The number of fused-ring (bicyclic) bond motifs is 1. The van der Waals surface area contributed by atoms with E-state index >= 15 is 0 Å². The van der Waals surface area contributed by atoms with E-state index in [0.717, 1.165) is 58.2 Å². The van der Waals surface area contributed by atoms with Gasteiger partial charge in [0.25, 0.3) is 0 Å². The summed E-state index contributed by atoms with van der Waals surface area (Å²) in [5.74, 6) is 3.29. The van der Waals surface area contributed by atoms with Gasteiger partial charge in [0.05, 0.1) is 24.8 Å². The van der Waals surface area contributed by atoms with E-state index in [1.807, 2.05) is 73.7 Å². The smallest absolute Gasteiger partial charge is 0.161 e. The maximum atomic E-state index is 6.09. The lowest BCUT2D eigenvalue weighted by molar-refractivity contribution is 0.272. The molecule has 0 amide bonds.